The van der Waals surface area contributed by atoms with E-state index in [0.29, 0.717) is 0 Å². The van der Waals surface area contributed by atoms with Gasteiger partial charge in [0, 0.05) is 13.1 Å². The van der Waals surface area contributed by atoms with Gasteiger partial charge in [0.2, 0.25) is 0 Å². The van der Waals surface area contributed by atoms with Gasteiger partial charge in [0.25, 0.3) is 0 Å². The second-order valence-electron chi connectivity index (χ2n) is 6.23. The van der Waals surface area contributed by atoms with Crippen molar-refractivity contribution in [2.24, 2.45) is 11.3 Å². The number of nitrogens with zero attached hydrogens (tertiary/aromatic N) is 1. The van der Waals surface area contributed by atoms with Crippen LogP contribution in [0.1, 0.15) is 12.0 Å². The number of ether oxygens (including phenoxy) is 1. The van der Waals surface area contributed by atoms with Crippen LogP contribution in [-0.4, -0.2) is 49.5 Å². The normalized spacial score (nSPS) is 26.3. The van der Waals surface area contributed by atoms with Crippen molar-refractivity contribution in [3.05, 3.63) is 35.9 Å². The summed E-state index contributed by atoms with van der Waals surface area (Å²) in [5.41, 5.74) is 1.47. The molecule has 3 rings (SSSR count). The van der Waals surface area contributed by atoms with Gasteiger partial charge in [-0.15, -0.1) is 0 Å². The van der Waals surface area contributed by atoms with Crippen LogP contribution in [0, 0.1) is 11.3 Å². The Balaban J connectivity index is 1.50. The largest absolute Gasteiger partial charge is 0.396 e. The standard InChI is InChI=1S/C16H23NO2/c18-11-16(12-19-13-16)10-17-7-6-15(9-17)8-14-4-2-1-3-5-14/h1-5,15,18H,6-13H2. The zero-order valence-corrected chi connectivity index (χ0v) is 11.4. The van der Waals surface area contributed by atoms with E-state index in [1.807, 2.05) is 0 Å². The van der Waals surface area contributed by atoms with Gasteiger partial charge in [0.1, 0.15) is 0 Å². The molecule has 104 valence electrons. The molecular formula is C16H23NO2. The Hall–Kier alpha value is -0.900. The lowest BCUT2D eigenvalue weighted by molar-refractivity contribution is -0.146. The summed E-state index contributed by atoms with van der Waals surface area (Å²) in [6.07, 6.45) is 2.46. The summed E-state index contributed by atoms with van der Waals surface area (Å²) in [4.78, 5) is 2.51. The molecule has 19 heavy (non-hydrogen) atoms. The van der Waals surface area contributed by atoms with Gasteiger partial charge in [0.15, 0.2) is 0 Å². The molecule has 0 aliphatic carbocycles. The number of hydrogen-bond acceptors (Lipinski definition) is 3. The summed E-state index contributed by atoms with van der Waals surface area (Å²) in [6.45, 7) is 5.03. The minimum atomic E-state index is 0.0294. The summed E-state index contributed by atoms with van der Waals surface area (Å²) < 4.78 is 5.28. The average Bonchev–Trinajstić information content (AvgIpc) is 2.82. The van der Waals surface area contributed by atoms with Crippen molar-refractivity contribution < 1.29 is 9.84 Å². The maximum atomic E-state index is 9.49. The maximum absolute atomic E-state index is 9.49. The highest BCUT2D eigenvalue weighted by molar-refractivity contribution is 5.15. The van der Waals surface area contributed by atoms with Gasteiger partial charge in [-0.05, 0) is 30.9 Å². The first-order valence-corrected chi connectivity index (χ1v) is 7.25. The Bertz CT molecular complexity index is 397. The monoisotopic (exact) mass is 261 g/mol. The van der Waals surface area contributed by atoms with Gasteiger partial charge in [-0.1, -0.05) is 30.3 Å². The third-order valence-corrected chi connectivity index (χ3v) is 4.45. The molecule has 2 aliphatic rings. The molecule has 0 spiro atoms. The molecule has 2 saturated heterocycles. The van der Waals surface area contributed by atoms with Crippen LogP contribution in [0.15, 0.2) is 30.3 Å². The van der Waals surface area contributed by atoms with Crippen LogP contribution in [0.5, 0.6) is 0 Å². The van der Waals surface area contributed by atoms with E-state index in [1.165, 1.54) is 24.9 Å². The molecule has 2 heterocycles. The van der Waals surface area contributed by atoms with Crippen LogP contribution in [0.4, 0.5) is 0 Å². The smallest absolute Gasteiger partial charge is 0.0579 e. The van der Waals surface area contributed by atoms with Crippen molar-refractivity contribution >= 4 is 0 Å². The van der Waals surface area contributed by atoms with E-state index >= 15 is 0 Å². The number of benzene rings is 1. The third-order valence-electron chi connectivity index (χ3n) is 4.45. The number of hydrogen-bond donors (Lipinski definition) is 1. The van der Waals surface area contributed by atoms with E-state index in [0.717, 1.165) is 32.2 Å². The summed E-state index contributed by atoms with van der Waals surface area (Å²) in [7, 11) is 0. The second-order valence-corrected chi connectivity index (χ2v) is 6.23. The van der Waals surface area contributed by atoms with Gasteiger partial charge in [-0.25, -0.2) is 0 Å². The molecule has 0 bridgehead atoms. The molecule has 0 radical (unpaired) electrons. The van der Waals surface area contributed by atoms with Crippen LogP contribution in [0.2, 0.25) is 0 Å². The molecule has 3 heteroatoms. The molecule has 0 amide bonds. The molecular weight excluding hydrogens is 238 g/mol. The van der Waals surface area contributed by atoms with Crippen molar-refractivity contribution in [1.82, 2.24) is 4.90 Å². The highest BCUT2D eigenvalue weighted by Crippen LogP contribution is 2.30. The topological polar surface area (TPSA) is 32.7 Å². The van der Waals surface area contributed by atoms with Crippen molar-refractivity contribution in [3.63, 3.8) is 0 Å². The molecule has 0 aromatic heterocycles. The van der Waals surface area contributed by atoms with Gasteiger partial charge in [-0.2, -0.15) is 0 Å². The second kappa shape index (κ2) is 5.61. The first-order valence-electron chi connectivity index (χ1n) is 7.25. The number of likely N-dealkylation sites (tertiary alicyclic amines) is 1. The highest BCUT2D eigenvalue weighted by Gasteiger charge is 2.40. The molecule has 1 atom stereocenters. The molecule has 1 aromatic carbocycles. The van der Waals surface area contributed by atoms with Crippen LogP contribution < -0.4 is 0 Å². The van der Waals surface area contributed by atoms with Crippen LogP contribution in [0.3, 0.4) is 0 Å². The van der Waals surface area contributed by atoms with E-state index < -0.39 is 0 Å². The number of rotatable bonds is 5. The number of aliphatic hydroxyl groups excluding tert-OH is 1. The first kappa shape index (κ1) is 13.1. The van der Waals surface area contributed by atoms with E-state index in [4.69, 9.17) is 4.74 Å². The van der Waals surface area contributed by atoms with Gasteiger partial charge in [0.05, 0.1) is 25.2 Å². The molecule has 3 nitrogen and oxygen atoms in total. The quantitative estimate of drug-likeness (QED) is 0.873. The highest BCUT2D eigenvalue weighted by atomic mass is 16.5. The summed E-state index contributed by atoms with van der Waals surface area (Å²) in [5.74, 6) is 0.763. The Kier molecular flexibility index (Phi) is 3.87. The number of aliphatic hydroxyl groups is 1. The molecule has 0 saturated carbocycles. The lowest BCUT2D eigenvalue weighted by atomic mass is 9.86. The first-order chi connectivity index (χ1) is 9.30. The lowest BCUT2D eigenvalue weighted by Gasteiger charge is -2.42. The molecule has 2 fully saturated rings. The molecule has 2 aliphatic heterocycles. The Morgan fingerprint density at radius 2 is 2.05 bits per heavy atom. The fourth-order valence-corrected chi connectivity index (χ4v) is 3.27. The van der Waals surface area contributed by atoms with Crippen molar-refractivity contribution in [1.29, 1.82) is 0 Å². The molecule has 1 N–H and O–H groups in total. The Labute approximate surface area is 115 Å². The maximum Gasteiger partial charge on any atom is 0.0579 e. The minimum Gasteiger partial charge on any atom is -0.396 e. The fourth-order valence-electron chi connectivity index (χ4n) is 3.27. The molecule has 1 aromatic rings. The third kappa shape index (κ3) is 2.99. The summed E-state index contributed by atoms with van der Waals surface area (Å²) in [5, 5.41) is 9.49. The summed E-state index contributed by atoms with van der Waals surface area (Å²) in [6, 6.07) is 10.8. The van der Waals surface area contributed by atoms with E-state index in [2.05, 4.69) is 35.2 Å². The van der Waals surface area contributed by atoms with Crippen molar-refractivity contribution in [2.75, 3.05) is 39.5 Å². The average molecular weight is 261 g/mol. The van der Waals surface area contributed by atoms with E-state index in [9.17, 15) is 5.11 Å². The zero-order valence-electron chi connectivity index (χ0n) is 11.4. The van der Waals surface area contributed by atoms with E-state index in [-0.39, 0.29) is 12.0 Å². The lowest BCUT2D eigenvalue weighted by Crippen LogP contribution is -2.52. The van der Waals surface area contributed by atoms with Crippen LogP contribution in [0.25, 0.3) is 0 Å². The van der Waals surface area contributed by atoms with Crippen molar-refractivity contribution in [2.45, 2.75) is 12.8 Å². The predicted octanol–water partition coefficient (Wildman–Crippen LogP) is 1.56. The van der Waals surface area contributed by atoms with Gasteiger partial charge in [-0.3, -0.25) is 0 Å². The van der Waals surface area contributed by atoms with Crippen molar-refractivity contribution in [3.8, 4) is 0 Å². The molecule has 1 unspecified atom stereocenters. The van der Waals surface area contributed by atoms with Crippen LogP contribution >= 0.6 is 0 Å². The van der Waals surface area contributed by atoms with E-state index in [1.54, 1.807) is 0 Å². The fraction of sp³-hybridized carbons (Fsp3) is 0.625. The SMILES string of the molecule is OCC1(CN2CCC(Cc3ccccc3)C2)COC1. The van der Waals surface area contributed by atoms with Crippen LogP contribution in [-0.2, 0) is 11.2 Å². The Morgan fingerprint density at radius 1 is 1.26 bits per heavy atom. The predicted molar refractivity (Wildman–Crippen MR) is 75.0 cm³/mol. The summed E-state index contributed by atoms with van der Waals surface area (Å²) >= 11 is 0. The zero-order chi connectivity index (χ0) is 13.1. The Morgan fingerprint density at radius 3 is 2.68 bits per heavy atom. The minimum absolute atomic E-state index is 0.0294. The van der Waals surface area contributed by atoms with Gasteiger partial charge < -0.3 is 14.7 Å². The van der Waals surface area contributed by atoms with Gasteiger partial charge >= 0.3 is 0 Å².